The molecule has 0 spiro atoms. The summed E-state index contributed by atoms with van der Waals surface area (Å²) in [6.07, 6.45) is 1.64. The second kappa shape index (κ2) is 6.05. The first-order valence-electron chi connectivity index (χ1n) is 8.15. The molecule has 0 saturated carbocycles. The molecule has 0 unspecified atom stereocenters. The molecule has 2 aliphatic heterocycles. The van der Waals surface area contributed by atoms with Crippen LogP contribution in [0.3, 0.4) is 0 Å². The van der Waals surface area contributed by atoms with E-state index in [0.29, 0.717) is 13.0 Å². The number of amides is 1. The lowest BCUT2D eigenvalue weighted by Gasteiger charge is -2.27. The largest absolute Gasteiger partial charge is 0.335 e. The third kappa shape index (κ3) is 3.03. The molecule has 1 fully saturated rings. The molecule has 0 aromatic carbocycles. The molecular weight excluding hydrogens is 310 g/mol. The summed E-state index contributed by atoms with van der Waals surface area (Å²) in [6.45, 7) is 7.32. The van der Waals surface area contributed by atoms with Crippen LogP contribution >= 0.6 is 11.3 Å². The predicted molar refractivity (Wildman–Crippen MR) is 87.8 cm³/mol. The SMILES string of the molecule is Cc1ccc(CN2CCn3c(nnc3CN3CCCC3=O)C2)s1. The number of carbonyl (C=O) groups excluding carboxylic acids is 1. The number of likely N-dealkylation sites (tertiary alicyclic amines) is 1. The van der Waals surface area contributed by atoms with E-state index in [2.05, 4.69) is 38.7 Å². The van der Waals surface area contributed by atoms with Gasteiger partial charge in [-0.05, 0) is 25.5 Å². The van der Waals surface area contributed by atoms with Crippen molar-refractivity contribution in [3.63, 3.8) is 0 Å². The minimum atomic E-state index is 0.243. The molecule has 2 aromatic rings. The number of rotatable bonds is 4. The number of fused-ring (bicyclic) bond motifs is 1. The van der Waals surface area contributed by atoms with Crippen LogP contribution < -0.4 is 0 Å². The van der Waals surface area contributed by atoms with Crippen molar-refractivity contribution in [1.29, 1.82) is 0 Å². The van der Waals surface area contributed by atoms with Crippen molar-refractivity contribution in [1.82, 2.24) is 24.6 Å². The van der Waals surface area contributed by atoms with Gasteiger partial charge in [-0.15, -0.1) is 21.5 Å². The zero-order valence-corrected chi connectivity index (χ0v) is 14.2. The molecule has 2 aliphatic rings. The summed E-state index contributed by atoms with van der Waals surface area (Å²) in [5.41, 5.74) is 0. The highest BCUT2D eigenvalue weighted by atomic mass is 32.1. The van der Waals surface area contributed by atoms with Gasteiger partial charge in [-0.25, -0.2) is 0 Å². The van der Waals surface area contributed by atoms with Gasteiger partial charge < -0.3 is 9.47 Å². The normalized spacial score (nSPS) is 18.7. The molecule has 4 heterocycles. The Morgan fingerprint density at radius 3 is 2.83 bits per heavy atom. The van der Waals surface area contributed by atoms with Gasteiger partial charge in [-0.1, -0.05) is 0 Å². The number of aromatic nitrogens is 3. The molecule has 7 heteroatoms. The summed E-state index contributed by atoms with van der Waals surface area (Å²) in [6, 6.07) is 4.39. The third-order valence-electron chi connectivity index (χ3n) is 4.59. The Bertz CT molecular complexity index is 722. The minimum Gasteiger partial charge on any atom is -0.335 e. The molecule has 0 aliphatic carbocycles. The maximum Gasteiger partial charge on any atom is 0.223 e. The molecule has 2 aromatic heterocycles. The standard InChI is InChI=1S/C16H21N5OS/c1-12-4-5-13(23-12)9-19-7-8-21-14(10-19)17-18-15(21)11-20-6-2-3-16(20)22/h4-5H,2-3,6-11H2,1H3. The average Bonchev–Trinajstić information content (AvgIpc) is 3.23. The van der Waals surface area contributed by atoms with Crippen LogP contribution in [0.1, 0.15) is 34.2 Å². The lowest BCUT2D eigenvalue weighted by Crippen LogP contribution is -2.34. The number of hydrogen-bond donors (Lipinski definition) is 0. The van der Waals surface area contributed by atoms with Crippen LogP contribution in [0.4, 0.5) is 0 Å². The molecule has 23 heavy (non-hydrogen) atoms. The number of hydrogen-bond acceptors (Lipinski definition) is 5. The summed E-state index contributed by atoms with van der Waals surface area (Å²) in [4.78, 5) is 18.9. The summed E-state index contributed by atoms with van der Waals surface area (Å²) >= 11 is 1.86. The van der Waals surface area contributed by atoms with Crippen molar-refractivity contribution < 1.29 is 4.79 Å². The van der Waals surface area contributed by atoms with Gasteiger partial charge in [0, 0.05) is 42.4 Å². The fraction of sp³-hybridized carbons (Fsp3) is 0.562. The molecule has 1 amide bonds. The number of aryl methyl sites for hydroxylation is 1. The Kier molecular flexibility index (Phi) is 3.90. The van der Waals surface area contributed by atoms with E-state index in [4.69, 9.17) is 0 Å². The van der Waals surface area contributed by atoms with Crippen LogP contribution in [0.25, 0.3) is 0 Å². The zero-order valence-electron chi connectivity index (χ0n) is 13.4. The number of thiophene rings is 1. The van der Waals surface area contributed by atoms with Crippen molar-refractivity contribution in [2.75, 3.05) is 13.1 Å². The van der Waals surface area contributed by atoms with Gasteiger partial charge in [0.2, 0.25) is 5.91 Å². The highest BCUT2D eigenvalue weighted by molar-refractivity contribution is 7.11. The first kappa shape index (κ1) is 14.8. The van der Waals surface area contributed by atoms with Crippen LogP contribution in [-0.2, 0) is 31.0 Å². The van der Waals surface area contributed by atoms with E-state index >= 15 is 0 Å². The van der Waals surface area contributed by atoms with E-state index in [0.717, 1.165) is 50.8 Å². The zero-order chi connectivity index (χ0) is 15.8. The first-order valence-corrected chi connectivity index (χ1v) is 8.97. The molecule has 0 bridgehead atoms. The smallest absolute Gasteiger partial charge is 0.223 e. The molecule has 4 rings (SSSR count). The van der Waals surface area contributed by atoms with Crippen LogP contribution in [0.15, 0.2) is 12.1 Å². The minimum absolute atomic E-state index is 0.243. The Hall–Kier alpha value is -1.73. The first-order chi connectivity index (χ1) is 11.2. The topological polar surface area (TPSA) is 54.3 Å². The van der Waals surface area contributed by atoms with E-state index in [9.17, 15) is 4.79 Å². The fourth-order valence-corrected chi connectivity index (χ4v) is 4.29. The Balaban J connectivity index is 1.43. The summed E-state index contributed by atoms with van der Waals surface area (Å²) in [5.74, 6) is 2.20. The van der Waals surface area contributed by atoms with Gasteiger partial charge in [-0.2, -0.15) is 0 Å². The average molecular weight is 331 g/mol. The lowest BCUT2D eigenvalue weighted by atomic mass is 10.3. The van der Waals surface area contributed by atoms with Crippen molar-refractivity contribution in [2.45, 2.75) is 45.9 Å². The van der Waals surface area contributed by atoms with Gasteiger partial charge in [-0.3, -0.25) is 9.69 Å². The fourth-order valence-electron chi connectivity index (χ4n) is 3.35. The Morgan fingerprint density at radius 1 is 1.17 bits per heavy atom. The van der Waals surface area contributed by atoms with E-state index in [1.54, 1.807) is 0 Å². The van der Waals surface area contributed by atoms with Gasteiger partial charge >= 0.3 is 0 Å². The van der Waals surface area contributed by atoms with Crippen LogP contribution in [-0.4, -0.2) is 43.6 Å². The molecule has 0 radical (unpaired) electrons. The summed E-state index contributed by atoms with van der Waals surface area (Å²) in [5, 5.41) is 8.69. The summed E-state index contributed by atoms with van der Waals surface area (Å²) in [7, 11) is 0. The van der Waals surface area contributed by atoms with E-state index < -0.39 is 0 Å². The van der Waals surface area contributed by atoms with Crippen LogP contribution in [0.2, 0.25) is 0 Å². The second-order valence-electron chi connectivity index (χ2n) is 6.33. The monoisotopic (exact) mass is 331 g/mol. The van der Waals surface area contributed by atoms with Crippen molar-refractivity contribution in [2.24, 2.45) is 0 Å². The van der Waals surface area contributed by atoms with Crippen LogP contribution in [0.5, 0.6) is 0 Å². The van der Waals surface area contributed by atoms with Crippen molar-refractivity contribution >= 4 is 17.2 Å². The number of carbonyl (C=O) groups is 1. The van der Waals surface area contributed by atoms with E-state index in [1.165, 1.54) is 9.75 Å². The molecule has 1 saturated heterocycles. The maximum absolute atomic E-state index is 11.8. The van der Waals surface area contributed by atoms with Crippen molar-refractivity contribution in [3.05, 3.63) is 33.5 Å². The molecule has 6 nitrogen and oxygen atoms in total. The molecule has 0 N–H and O–H groups in total. The van der Waals surface area contributed by atoms with Gasteiger partial charge in [0.15, 0.2) is 5.82 Å². The molecular formula is C16H21N5OS. The van der Waals surface area contributed by atoms with Crippen LogP contribution in [0, 0.1) is 6.92 Å². The molecule has 0 atom stereocenters. The lowest BCUT2D eigenvalue weighted by molar-refractivity contribution is -0.128. The van der Waals surface area contributed by atoms with E-state index in [1.807, 2.05) is 16.2 Å². The Morgan fingerprint density at radius 2 is 2.09 bits per heavy atom. The summed E-state index contributed by atoms with van der Waals surface area (Å²) < 4.78 is 2.20. The van der Waals surface area contributed by atoms with Gasteiger partial charge in [0.05, 0.1) is 13.1 Å². The van der Waals surface area contributed by atoms with Gasteiger partial charge in [0.1, 0.15) is 5.82 Å². The maximum atomic E-state index is 11.8. The number of nitrogens with zero attached hydrogens (tertiary/aromatic N) is 5. The second-order valence-corrected chi connectivity index (χ2v) is 7.70. The quantitative estimate of drug-likeness (QED) is 0.857. The highest BCUT2D eigenvalue weighted by Gasteiger charge is 2.26. The van der Waals surface area contributed by atoms with E-state index in [-0.39, 0.29) is 5.91 Å². The Labute approximate surface area is 139 Å². The predicted octanol–water partition coefficient (Wildman–Crippen LogP) is 1.79. The van der Waals surface area contributed by atoms with Crippen molar-refractivity contribution in [3.8, 4) is 0 Å². The van der Waals surface area contributed by atoms with Gasteiger partial charge in [0.25, 0.3) is 0 Å². The third-order valence-corrected chi connectivity index (χ3v) is 5.57. The molecule has 122 valence electrons. The highest BCUT2D eigenvalue weighted by Crippen LogP contribution is 2.21.